The lowest BCUT2D eigenvalue weighted by Crippen LogP contribution is -2.51. The Bertz CT molecular complexity index is 1110. The van der Waals surface area contributed by atoms with Crippen molar-refractivity contribution >= 4 is 27.5 Å². The van der Waals surface area contributed by atoms with Crippen molar-refractivity contribution in [2.45, 2.75) is 25.8 Å². The highest BCUT2D eigenvalue weighted by Crippen LogP contribution is 2.31. The van der Waals surface area contributed by atoms with Crippen LogP contribution in [-0.4, -0.2) is 48.9 Å². The Hall–Kier alpha value is -2.75. The van der Waals surface area contributed by atoms with E-state index in [1.165, 1.54) is 21.0 Å². The number of carbonyl (C=O) groups excluding carboxylic acids is 1. The average Bonchev–Trinajstić information content (AvgIpc) is 3.24. The zero-order chi connectivity index (χ0) is 17.9. The largest absolute Gasteiger partial charge is 0.344 e. The van der Waals surface area contributed by atoms with Crippen LogP contribution in [0.25, 0.3) is 15.2 Å². The van der Waals surface area contributed by atoms with Crippen molar-refractivity contribution in [2.24, 2.45) is 0 Å². The number of nitrogens with one attached hydrogen (secondary N) is 1. The van der Waals surface area contributed by atoms with Crippen molar-refractivity contribution in [1.82, 2.24) is 29.4 Å². The summed E-state index contributed by atoms with van der Waals surface area (Å²) in [6.07, 6.45) is 3.49. The van der Waals surface area contributed by atoms with Crippen LogP contribution in [0.5, 0.6) is 0 Å². The van der Waals surface area contributed by atoms with E-state index in [0.29, 0.717) is 33.7 Å². The van der Waals surface area contributed by atoms with Crippen molar-refractivity contribution in [2.75, 3.05) is 13.6 Å². The lowest BCUT2D eigenvalue weighted by atomic mass is 10.00. The molecule has 130 valence electrons. The van der Waals surface area contributed by atoms with Crippen LogP contribution in [-0.2, 0) is 10.3 Å². The molecular weight excluding hydrogens is 344 g/mol. The van der Waals surface area contributed by atoms with Crippen LogP contribution < -0.4 is 11.2 Å². The first-order valence-electron chi connectivity index (χ1n) is 7.76. The van der Waals surface area contributed by atoms with Gasteiger partial charge in [-0.05, 0) is 20.3 Å². The number of nitrogens with zero attached hydrogens (tertiary/aromatic N) is 5. The zero-order valence-electron chi connectivity index (χ0n) is 13.9. The molecule has 1 fully saturated rings. The lowest BCUT2D eigenvalue weighted by molar-refractivity contribution is -0.133. The number of likely N-dealkylation sites (tertiary alicyclic amines) is 1. The molecule has 1 aliphatic rings. The molecule has 0 radical (unpaired) electrons. The van der Waals surface area contributed by atoms with Gasteiger partial charge in [0.1, 0.15) is 15.4 Å². The number of rotatable bonds is 2. The molecule has 0 unspecified atom stereocenters. The molecule has 4 rings (SSSR count). The Morgan fingerprint density at radius 3 is 2.52 bits per heavy atom. The van der Waals surface area contributed by atoms with Crippen LogP contribution in [0.3, 0.4) is 0 Å². The second kappa shape index (κ2) is 5.12. The van der Waals surface area contributed by atoms with Crippen molar-refractivity contribution in [3.8, 4) is 5.00 Å². The smallest absolute Gasteiger partial charge is 0.330 e. The Kier molecular flexibility index (Phi) is 3.23. The van der Waals surface area contributed by atoms with Gasteiger partial charge in [-0.1, -0.05) is 11.3 Å². The first-order valence-corrected chi connectivity index (χ1v) is 8.57. The second-order valence-electron chi connectivity index (χ2n) is 6.38. The predicted octanol–water partition coefficient (Wildman–Crippen LogP) is 0.218. The summed E-state index contributed by atoms with van der Waals surface area (Å²) in [6, 6.07) is 0. The van der Waals surface area contributed by atoms with Crippen LogP contribution in [0.1, 0.15) is 18.9 Å². The summed E-state index contributed by atoms with van der Waals surface area (Å²) in [5.74, 6) is -0.235. The molecule has 1 atom stereocenters. The van der Waals surface area contributed by atoms with E-state index in [1.807, 2.05) is 0 Å². The third-order valence-corrected chi connectivity index (χ3v) is 5.97. The normalized spacial score (nSPS) is 20.8. The molecule has 1 aliphatic heterocycles. The van der Waals surface area contributed by atoms with E-state index >= 15 is 0 Å². The number of fused-ring (bicyclic) bond motifs is 1. The van der Waals surface area contributed by atoms with E-state index in [1.54, 1.807) is 33.3 Å². The van der Waals surface area contributed by atoms with Gasteiger partial charge >= 0.3 is 5.69 Å². The predicted molar refractivity (Wildman–Crippen MR) is 92.3 cm³/mol. The summed E-state index contributed by atoms with van der Waals surface area (Å²) in [5.41, 5.74) is -1.54. The van der Waals surface area contributed by atoms with E-state index < -0.39 is 16.8 Å². The molecule has 0 aromatic carbocycles. The van der Waals surface area contributed by atoms with Gasteiger partial charge in [0.25, 0.3) is 5.56 Å². The fourth-order valence-corrected chi connectivity index (χ4v) is 4.48. The first-order chi connectivity index (χ1) is 11.8. The summed E-state index contributed by atoms with van der Waals surface area (Å²) < 4.78 is 1.06. The van der Waals surface area contributed by atoms with Gasteiger partial charge < -0.3 is 4.90 Å². The SMILES string of the molecule is Cc1c(-n2nccn2)sc2[nH]c(=O)n([C@@]3(C)CCN(C)C3=O)c(=O)c12. The van der Waals surface area contributed by atoms with E-state index in [2.05, 4.69) is 15.2 Å². The minimum atomic E-state index is -1.17. The Morgan fingerprint density at radius 2 is 1.92 bits per heavy atom. The summed E-state index contributed by atoms with van der Waals surface area (Å²) in [5, 5.41) is 9.22. The molecule has 25 heavy (non-hydrogen) atoms. The third kappa shape index (κ3) is 2.03. The van der Waals surface area contributed by atoms with Crippen LogP contribution in [0, 0.1) is 6.92 Å². The highest BCUT2D eigenvalue weighted by molar-refractivity contribution is 7.21. The number of amides is 1. The van der Waals surface area contributed by atoms with Crippen molar-refractivity contribution in [1.29, 1.82) is 0 Å². The van der Waals surface area contributed by atoms with Crippen molar-refractivity contribution < 1.29 is 4.79 Å². The van der Waals surface area contributed by atoms with E-state index in [9.17, 15) is 14.4 Å². The second-order valence-corrected chi connectivity index (χ2v) is 7.38. The molecule has 10 heteroatoms. The molecule has 9 nitrogen and oxygen atoms in total. The fraction of sp³-hybridized carbons (Fsp3) is 0.400. The topological polar surface area (TPSA) is 106 Å². The first kappa shape index (κ1) is 15.8. The van der Waals surface area contributed by atoms with Crippen LogP contribution in [0.2, 0.25) is 0 Å². The van der Waals surface area contributed by atoms with Crippen LogP contribution in [0.15, 0.2) is 22.0 Å². The Labute approximate surface area is 145 Å². The van der Waals surface area contributed by atoms with Gasteiger partial charge in [0.2, 0.25) is 5.91 Å². The summed E-state index contributed by atoms with van der Waals surface area (Å²) in [6.45, 7) is 3.93. The van der Waals surface area contributed by atoms with Gasteiger partial charge in [-0.3, -0.25) is 14.6 Å². The molecule has 3 aromatic heterocycles. The van der Waals surface area contributed by atoms with E-state index in [-0.39, 0.29) is 5.91 Å². The molecule has 1 saturated heterocycles. The highest BCUT2D eigenvalue weighted by Gasteiger charge is 2.45. The summed E-state index contributed by atoms with van der Waals surface area (Å²) in [7, 11) is 1.67. The number of thiophene rings is 1. The number of H-pyrrole nitrogens is 1. The summed E-state index contributed by atoms with van der Waals surface area (Å²) >= 11 is 1.24. The highest BCUT2D eigenvalue weighted by atomic mass is 32.1. The molecule has 1 amide bonds. The van der Waals surface area contributed by atoms with Crippen molar-refractivity contribution in [3.63, 3.8) is 0 Å². The van der Waals surface area contributed by atoms with Gasteiger partial charge in [-0.2, -0.15) is 10.2 Å². The van der Waals surface area contributed by atoms with E-state index in [0.717, 1.165) is 4.57 Å². The molecule has 0 saturated carbocycles. The number of carbonyl (C=O) groups is 1. The minimum Gasteiger partial charge on any atom is -0.344 e. The maximum Gasteiger partial charge on any atom is 0.330 e. The third-order valence-electron chi connectivity index (χ3n) is 4.80. The number of aromatic nitrogens is 5. The van der Waals surface area contributed by atoms with Gasteiger partial charge in [-0.25, -0.2) is 9.36 Å². The van der Waals surface area contributed by atoms with Crippen LogP contribution >= 0.6 is 11.3 Å². The van der Waals surface area contributed by atoms with Gasteiger partial charge in [0.15, 0.2) is 0 Å². The van der Waals surface area contributed by atoms with Gasteiger partial charge in [-0.15, -0.1) is 4.80 Å². The zero-order valence-corrected chi connectivity index (χ0v) is 14.8. The molecule has 0 bridgehead atoms. The Balaban J connectivity index is 2.03. The molecule has 3 aromatic rings. The number of aryl methyl sites for hydroxylation is 1. The maximum absolute atomic E-state index is 13.1. The molecule has 4 heterocycles. The minimum absolute atomic E-state index is 0.235. The molecular formula is C15H16N6O3S. The molecule has 0 aliphatic carbocycles. The maximum atomic E-state index is 13.1. The number of hydrogen-bond acceptors (Lipinski definition) is 6. The van der Waals surface area contributed by atoms with E-state index in [4.69, 9.17) is 0 Å². The lowest BCUT2D eigenvalue weighted by Gasteiger charge is -2.23. The van der Waals surface area contributed by atoms with Gasteiger partial charge in [0.05, 0.1) is 17.8 Å². The Morgan fingerprint density at radius 1 is 1.24 bits per heavy atom. The van der Waals surface area contributed by atoms with Gasteiger partial charge in [0, 0.05) is 19.2 Å². The number of aromatic amines is 1. The quantitative estimate of drug-likeness (QED) is 0.704. The molecule has 0 spiro atoms. The number of likely N-dealkylation sites (N-methyl/N-ethyl adjacent to an activating group) is 1. The van der Waals surface area contributed by atoms with Crippen LogP contribution in [0.4, 0.5) is 0 Å². The number of hydrogen-bond donors (Lipinski definition) is 1. The standard InChI is InChI=1S/C15H16N6O3S/c1-8-9-10(25-12(8)21-16-5-6-17-21)18-14(24)20(11(9)22)15(2)4-7-19(3)13(15)23/h5-6H,4,7H2,1-3H3,(H,18,24)/t15-/m0/s1. The summed E-state index contributed by atoms with van der Waals surface area (Å²) in [4.78, 5) is 44.4. The fourth-order valence-electron chi connectivity index (χ4n) is 3.38. The van der Waals surface area contributed by atoms with Crippen molar-refractivity contribution in [3.05, 3.63) is 38.8 Å². The average molecular weight is 360 g/mol. The monoisotopic (exact) mass is 360 g/mol. The molecule has 1 N–H and O–H groups in total.